The third-order valence-corrected chi connectivity index (χ3v) is 3.22. The Morgan fingerprint density at radius 2 is 1.72 bits per heavy atom. The summed E-state index contributed by atoms with van der Waals surface area (Å²) in [4.78, 5) is 0. The highest BCUT2D eigenvalue weighted by Gasteiger charge is 2.05. The molecule has 0 saturated carbocycles. The summed E-state index contributed by atoms with van der Waals surface area (Å²) in [6.07, 6.45) is 0. The summed E-state index contributed by atoms with van der Waals surface area (Å²) >= 11 is 0. The van der Waals surface area contributed by atoms with Crippen LogP contribution in [0, 0.1) is 18.3 Å². The molecule has 0 unspecified atom stereocenters. The molecule has 1 nitrogen and oxygen atoms in total. The highest BCUT2D eigenvalue weighted by molar-refractivity contribution is 5.66. The Kier molecular flexibility index (Phi) is 3.48. The maximum absolute atomic E-state index is 8.93. The molecule has 2 aromatic rings. The van der Waals surface area contributed by atoms with E-state index >= 15 is 0 Å². The SMILES string of the molecule is Cc1cc(-c2cccc(C#N)c2)ccc1C(C)C. The number of nitrogens with zero attached hydrogens (tertiary/aromatic N) is 1. The minimum atomic E-state index is 0.546. The number of rotatable bonds is 2. The number of hydrogen-bond donors (Lipinski definition) is 0. The summed E-state index contributed by atoms with van der Waals surface area (Å²) in [5, 5.41) is 8.93. The Bertz CT molecular complexity index is 603. The van der Waals surface area contributed by atoms with Gasteiger partial charge in [0, 0.05) is 0 Å². The Morgan fingerprint density at radius 1 is 1.00 bits per heavy atom. The maximum Gasteiger partial charge on any atom is 0.0991 e. The van der Waals surface area contributed by atoms with Crippen LogP contribution in [0.1, 0.15) is 36.5 Å². The van der Waals surface area contributed by atoms with Crippen molar-refractivity contribution in [3.63, 3.8) is 0 Å². The van der Waals surface area contributed by atoms with Crippen LogP contribution in [0.25, 0.3) is 11.1 Å². The van der Waals surface area contributed by atoms with Gasteiger partial charge in [-0.3, -0.25) is 0 Å². The summed E-state index contributed by atoms with van der Waals surface area (Å²) < 4.78 is 0. The van der Waals surface area contributed by atoms with Crippen molar-refractivity contribution in [2.75, 3.05) is 0 Å². The van der Waals surface area contributed by atoms with Crippen LogP contribution in [-0.4, -0.2) is 0 Å². The van der Waals surface area contributed by atoms with Crippen LogP contribution in [0.5, 0.6) is 0 Å². The van der Waals surface area contributed by atoms with Crippen LogP contribution in [0.4, 0.5) is 0 Å². The topological polar surface area (TPSA) is 23.8 Å². The molecule has 18 heavy (non-hydrogen) atoms. The molecule has 0 fully saturated rings. The van der Waals surface area contributed by atoms with E-state index in [-0.39, 0.29) is 0 Å². The summed E-state index contributed by atoms with van der Waals surface area (Å²) in [5.41, 5.74) is 5.68. The van der Waals surface area contributed by atoms with Crippen molar-refractivity contribution in [2.24, 2.45) is 0 Å². The molecule has 90 valence electrons. The van der Waals surface area contributed by atoms with Gasteiger partial charge < -0.3 is 0 Å². The Labute approximate surface area is 109 Å². The molecule has 0 radical (unpaired) electrons. The zero-order chi connectivity index (χ0) is 13.1. The molecule has 0 N–H and O–H groups in total. The van der Waals surface area contributed by atoms with Crippen LogP contribution < -0.4 is 0 Å². The van der Waals surface area contributed by atoms with E-state index in [4.69, 9.17) is 5.26 Å². The van der Waals surface area contributed by atoms with Crippen molar-refractivity contribution < 1.29 is 0 Å². The number of benzene rings is 2. The van der Waals surface area contributed by atoms with E-state index in [1.807, 2.05) is 24.3 Å². The second-order valence-corrected chi connectivity index (χ2v) is 4.92. The highest BCUT2D eigenvalue weighted by Crippen LogP contribution is 2.26. The fourth-order valence-corrected chi connectivity index (χ4v) is 2.27. The Balaban J connectivity index is 2.46. The molecule has 0 amide bonds. The van der Waals surface area contributed by atoms with Gasteiger partial charge in [-0.15, -0.1) is 0 Å². The third-order valence-electron chi connectivity index (χ3n) is 3.22. The molecule has 0 aliphatic carbocycles. The van der Waals surface area contributed by atoms with Gasteiger partial charge in [-0.2, -0.15) is 5.26 Å². The van der Waals surface area contributed by atoms with Gasteiger partial charge in [0.05, 0.1) is 11.6 Å². The molecule has 0 saturated heterocycles. The monoisotopic (exact) mass is 235 g/mol. The van der Waals surface area contributed by atoms with Gasteiger partial charge in [0.1, 0.15) is 0 Å². The molecule has 0 heterocycles. The van der Waals surface area contributed by atoms with Crippen LogP contribution in [0.2, 0.25) is 0 Å². The molecule has 2 rings (SSSR count). The normalized spacial score (nSPS) is 10.4. The lowest BCUT2D eigenvalue weighted by Crippen LogP contribution is -1.92. The average molecular weight is 235 g/mol. The first-order valence-electron chi connectivity index (χ1n) is 6.23. The van der Waals surface area contributed by atoms with Crippen molar-refractivity contribution in [3.8, 4) is 17.2 Å². The lowest BCUT2D eigenvalue weighted by molar-refractivity contribution is 0.857. The zero-order valence-corrected chi connectivity index (χ0v) is 11.1. The van der Waals surface area contributed by atoms with Crippen molar-refractivity contribution in [2.45, 2.75) is 26.7 Å². The van der Waals surface area contributed by atoms with Gasteiger partial charge in [0.25, 0.3) is 0 Å². The lowest BCUT2D eigenvalue weighted by atomic mass is 9.93. The molecule has 2 aromatic carbocycles. The summed E-state index contributed by atoms with van der Waals surface area (Å²) in [6, 6.07) is 16.5. The summed E-state index contributed by atoms with van der Waals surface area (Å²) in [7, 11) is 0. The molecular formula is C17H17N. The van der Waals surface area contributed by atoms with Crippen molar-refractivity contribution in [3.05, 3.63) is 59.2 Å². The predicted molar refractivity (Wildman–Crippen MR) is 75.4 cm³/mol. The first-order valence-corrected chi connectivity index (χ1v) is 6.23. The van der Waals surface area contributed by atoms with Crippen LogP contribution >= 0.6 is 0 Å². The molecule has 0 atom stereocenters. The Hall–Kier alpha value is -2.07. The van der Waals surface area contributed by atoms with Gasteiger partial charge in [-0.25, -0.2) is 0 Å². The van der Waals surface area contributed by atoms with Crippen LogP contribution in [0.15, 0.2) is 42.5 Å². The van der Waals surface area contributed by atoms with E-state index in [0.29, 0.717) is 11.5 Å². The number of aryl methyl sites for hydroxylation is 1. The molecular weight excluding hydrogens is 218 g/mol. The second kappa shape index (κ2) is 5.06. The van der Waals surface area contributed by atoms with E-state index in [2.05, 4.69) is 45.0 Å². The fourth-order valence-electron chi connectivity index (χ4n) is 2.27. The van der Waals surface area contributed by atoms with Crippen molar-refractivity contribution >= 4 is 0 Å². The third kappa shape index (κ3) is 2.43. The van der Waals surface area contributed by atoms with E-state index in [9.17, 15) is 0 Å². The molecule has 0 aromatic heterocycles. The average Bonchev–Trinajstić information content (AvgIpc) is 2.38. The van der Waals surface area contributed by atoms with E-state index in [1.54, 1.807) is 0 Å². The molecule has 0 spiro atoms. The largest absolute Gasteiger partial charge is 0.192 e. The Morgan fingerprint density at radius 3 is 2.33 bits per heavy atom. The minimum absolute atomic E-state index is 0.546. The van der Waals surface area contributed by atoms with E-state index < -0.39 is 0 Å². The van der Waals surface area contributed by atoms with Crippen LogP contribution in [0.3, 0.4) is 0 Å². The molecule has 1 heteroatoms. The van der Waals surface area contributed by atoms with Gasteiger partial charge in [-0.05, 0) is 47.2 Å². The quantitative estimate of drug-likeness (QED) is 0.742. The smallest absolute Gasteiger partial charge is 0.0991 e. The molecule has 0 aliphatic heterocycles. The number of hydrogen-bond acceptors (Lipinski definition) is 1. The van der Waals surface area contributed by atoms with E-state index in [0.717, 1.165) is 5.56 Å². The first kappa shape index (κ1) is 12.4. The van der Waals surface area contributed by atoms with E-state index in [1.165, 1.54) is 16.7 Å². The number of nitriles is 1. The van der Waals surface area contributed by atoms with Crippen molar-refractivity contribution in [1.29, 1.82) is 5.26 Å². The first-order chi connectivity index (χ1) is 8.61. The summed E-state index contributed by atoms with van der Waals surface area (Å²) in [5.74, 6) is 0.546. The lowest BCUT2D eigenvalue weighted by Gasteiger charge is -2.11. The van der Waals surface area contributed by atoms with Gasteiger partial charge >= 0.3 is 0 Å². The standard InChI is InChI=1S/C17H17N/c1-12(2)17-8-7-16(9-13(17)3)15-6-4-5-14(10-15)11-18/h4-10,12H,1-3H3. The van der Waals surface area contributed by atoms with Crippen LogP contribution in [-0.2, 0) is 0 Å². The van der Waals surface area contributed by atoms with Crippen molar-refractivity contribution in [1.82, 2.24) is 0 Å². The predicted octanol–water partition coefficient (Wildman–Crippen LogP) is 4.66. The molecule has 0 aliphatic rings. The fraction of sp³-hybridized carbons (Fsp3) is 0.235. The van der Waals surface area contributed by atoms with Gasteiger partial charge in [0.2, 0.25) is 0 Å². The second-order valence-electron chi connectivity index (χ2n) is 4.92. The summed E-state index contributed by atoms with van der Waals surface area (Å²) in [6.45, 7) is 6.56. The van der Waals surface area contributed by atoms with Gasteiger partial charge in [0.15, 0.2) is 0 Å². The van der Waals surface area contributed by atoms with Gasteiger partial charge in [-0.1, -0.05) is 44.2 Å². The highest BCUT2D eigenvalue weighted by atomic mass is 14.2. The molecule has 0 bridgehead atoms. The minimum Gasteiger partial charge on any atom is -0.192 e. The maximum atomic E-state index is 8.93. The zero-order valence-electron chi connectivity index (χ0n) is 11.1.